The molecule has 0 bridgehead atoms. The summed E-state index contributed by atoms with van der Waals surface area (Å²) in [6.07, 6.45) is 1.12. The number of carbonyl (C=O) groups is 2. The number of rotatable bonds is 7. The molecule has 1 amide bonds. The van der Waals surface area contributed by atoms with Gasteiger partial charge in [-0.05, 0) is 62.9 Å². The number of hydrogen-bond donors (Lipinski definition) is 1. The topological polar surface area (TPSA) is 86.3 Å². The summed E-state index contributed by atoms with van der Waals surface area (Å²) in [4.78, 5) is 24.6. The molecule has 0 radical (unpaired) electrons. The first-order valence-corrected chi connectivity index (χ1v) is 11.5. The third-order valence-electron chi connectivity index (χ3n) is 5.39. The second-order valence-corrected chi connectivity index (χ2v) is 9.12. The predicted molar refractivity (Wildman–Crippen MR) is 129 cm³/mol. The molecule has 0 atom stereocenters. The Balaban J connectivity index is 2.04. The maximum absolute atomic E-state index is 12.4. The van der Waals surface area contributed by atoms with Crippen LogP contribution in [0, 0.1) is 0 Å². The molecule has 3 rings (SSSR count). The Bertz CT molecular complexity index is 1020. The van der Waals surface area contributed by atoms with E-state index in [-0.39, 0.29) is 5.97 Å². The molecule has 0 saturated heterocycles. The fraction of sp³-hybridized carbons (Fsp3) is 0.462. The number of benzene rings is 2. The van der Waals surface area contributed by atoms with Gasteiger partial charge in [-0.3, -0.25) is 10.2 Å². The highest BCUT2D eigenvalue weighted by Crippen LogP contribution is 2.44. The van der Waals surface area contributed by atoms with Crippen LogP contribution in [0.15, 0.2) is 30.3 Å². The van der Waals surface area contributed by atoms with Crippen molar-refractivity contribution in [3.05, 3.63) is 41.5 Å². The monoisotopic (exact) mass is 470 g/mol. The normalized spacial score (nSPS) is 13.6. The zero-order chi connectivity index (χ0) is 24.9. The van der Waals surface area contributed by atoms with Gasteiger partial charge in [-0.25, -0.2) is 9.80 Å². The lowest BCUT2D eigenvalue weighted by Crippen LogP contribution is -2.47. The van der Waals surface area contributed by atoms with E-state index in [0.717, 1.165) is 22.3 Å². The summed E-state index contributed by atoms with van der Waals surface area (Å²) in [6.45, 7) is 8.33. The summed E-state index contributed by atoms with van der Waals surface area (Å²) in [7, 11) is 3.23. The van der Waals surface area contributed by atoms with E-state index in [9.17, 15) is 9.59 Å². The van der Waals surface area contributed by atoms with Gasteiger partial charge < -0.3 is 18.9 Å². The van der Waals surface area contributed by atoms with Crippen LogP contribution in [0.2, 0.25) is 0 Å². The van der Waals surface area contributed by atoms with Gasteiger partial charge in [0.15, 0.2) is 0 Å². The summed E-state index contributed by atoms with van der Waals surface area (Å²) < 4.78 is 22.4. The van der Waals surface area contributed by atoms with Crippen LogP contribution in [0.3, 0.4) is 0 Å². The average molecular weight is 471 g/mol. The van der Waals surface area contributed by atoms with Crippen LogP contribution in [0.25, 0.3) is 11.1 Å². The SMILES string of the molecule is CCCC(=O)Oc1ccc(-c2c(OC)cccc2OC)c2c1CCN(NC(=O)OC(C)(C)C)C2. The van der Waals surface area contributed by atoms with Crippen LogP contribution in [0.1, 0.15) is 51.7 Å². The van der Waals surface area contributed by atoms with E-state index >= 15 is 0 Å². The van der Waals surface area contributed by atoms with E-state index in [4.69, 9.17) is 18.9 Å². The van der Waals surface area contributed by atoms with E-state index < -0.39 is 11.7 Å². The fourth-order valence-electron chi connectivity index (χ4n) is 3.99. The minimum atomic E-state index is -0.603. The number of nitrogens with one attached hydrogen (secondary N) is 1. The first-order chi connectivity index (χ1) is 16.2. The molecule has 8 nitrogen and oxygen atoms in total. The second kappa shape index (κ2) is 10.8. The number of amides is 1. The van der Waals surface area contributed by atoms with E-state index in [1.54, 1.807) is 19.2 Å². The van der Waals surface area contributed by atoms with Gasteiger partial charge in [0.1, 0.15) is 22.8 Å². The molecule has 1 heterocycles. The van der Waals surface area contributed by atoms with Crippen LogP contribution in [-0.2, 0) is 22.5 Å². The van der Waals surface area contributed by atoms with Gasteiger partial charge in [0, 0.05) is 25.1 Å². The zero-order valence-electron chi connectivity index (χ0n) is 20.8. The third-order valence-corrected chi connectivity index (χ3v) is 5.39. The number of methoxy groups -OCH3 is 2. The van der Waals surface area contributed by atoms with Gasteiger partial charge in [-0.15, -0.1) is 0 Å². The largest absolute Gasteiger partial charge is 0.496 e. The molecule has 184 valence electrons. The van der Waals surface area contributed by atoms with Gasteiger partial charge in [0.2, 0.25) is 0 Å². The van der Waals surface area contributed by atoms with Crippen molar-refractivity contribution in [1.82, 2.24) is 10.4 Å². The lowest BCUT2D eigenvalue weighted by atomic mass is 9.90. The zero-order valence-corrected chi connectivity index (χ0v) is 20.8. The smallest absolute Gasteiger partial charge is 0.422 e. The van der Waals surface area contributed by atoms with Crippen LogP contribution < -0.4 is 19.6 Å². The van der Waals surface area contributed by atoms with Crippen molar-refractivity contribution < 1.29 is 28.5 Å². The van der Waals surface area contributed by atoms with E-state index in [1.165, 1.54) is 0 Å². The molecule has 2 aromatic carbocycles. The molecule has 0 aliphatic carbocycles. The molecule has 2 aromatic rings. The highest BCUT2D eigenvalue weighted by Gasteiger charge is 2.28. The van der Waals surface area contributed by atoms with Crippen molar-refractivity contribution in [3.8, 4) is 28.4 Å². The molecule has 0 aromatic heterocycles. The van der Waals surface area contributed by atoms with Gasteiger partial charge in [0.05, 0.1) is 19.8 Å². The molecule has 1 aliphatic rings. The molecule has 34 heavy (non-hydrogen) atoms. The number of ether oxygens (including phenoxy) is 4. The molecule has 8 heteroatoms. The molecule has 1 N–H and O–H groups in total. The number of carbonyl (C=O) groups excluding carboxylic acids is 2. The Morgan fingerprint density at radius 1 is 1.00 bits per heavy atom. The second-order valence-electron chi connectivity index (χ2n) is 9.12. The molecule has 0 spiro atoms. The van der Waals surface area contributed by atoms with Gasteiger partial charge in [0.25, 0.3) is 0 Å². The van der Waals surface area contributed by atoms with Crippen LogP contribution in [-0.4, -0.2) is 43.4 Å². The molecule has 1 aliphatic heterocycles. The lowest BCUT2D eigenvalue weighted by molar-refractivity contribution is -0.134. The number of esters is 1. The summed E-state index contributed by atoms with van der Waals surface area (Å²) >= 11 is 0. The van der Waals surface area contributed by atoms with Crippen LogP contribution in [0.4, 0.5) is 4.79 Å². The summed E-state index contributed by atoms with van der Waals surface area (Å²) in [5.41, 5.74) is 5.77. The van der Waals surface area contributed by atoms with Crippen molar-refractivity contribution in [3.63, 3.8) is 0 Å². The van der Waals surface area contributed by atoms with Crippen molar-refractivity contribution in [2.45, 2.75) is 59.1 Å². The quantitative estimate of drug-likeness (QED) is 0.456. The molecular weight excluding hydrogens is 436 g/mol. The fourth-order valence-corrected chi connectivity index (χ4v) is 3.99. The maximum Gasteiger partial charge on any atom is 0.422 e. The molecule has 0 unspecified atom stereocenters. The van der Waals surface area contributed by atoms with Crippen molar-refractivity contribution in [2.75, 3.05) is 20.8 Å². The van der Waals surface area contributed by atoms with Crippen molar-refractivity contribution >= 4 is 12.1 Å². The predicted octanol–water partition coefficient (Wildman–Crippen LogP) is 4.87. The Morgan fingerprint density at radius 2 is 1.68 bits per heavy atom. The molecule has 0 fully saturated rings. The number of hydrazine groups is 1. The Labute approximate surface area is 201 Å². The molecule has 0 saturated carbocycles. The van der Waals surface area contributed by atoms with Gasteiger partial charge in [-0.1, -0.05) is 19.1 Å². The Morgan fingerprint density at radius 3 is 2.26 bits per heavy atom. The van der Waals surface area contributed by atoms with Crippen LogP contribution in [0.5, 0.6) is 17.2 Å². The number of nitrogens with zero attached hydrogens (tertiary/aromatic N) is 1. The summed E-state index contributed by atoms with van der Waals surface area (Å²) in [5.74, 6) is 1.61. The Hall–Kier alpha value is -3.26. The highest BCUT2D eigenvalue weighted by molar-refractivity contribution is 5.82. The number of hydrogen-bond acceptors (Lipinski definition) is 7. The van der Waals surface area contributed by atoms with Crippen molar-refractivity contribution in [2.24, 2.45) is 0 Å². The highest BCUT2D eigenvalue weighted by atomic mass is 16.6. The van der Waals surface area contributed by atoms with E-state index in [0.29, 0.717) is 49.6 Å². The van der Waals surface area contributed by atoms with Crippen molar-refractivity contribution in [1.29, 1.82) is 0 Å². The average Bonchev–Trinajstić information content (AvgIpc) is 2.77. The maximum atomic E-state index is 12.4. The van der Waals surface area contributed by atoms with Gasteiger partial charge >= 0.3 is 12.1 Å². The third kappa shape index (κ3) is 5.99. The first kappa shape index (κ1) is 25.4. The lowest BCUT2D eigenvalue weighted by Gasteiger charge is -2.32. The minimum absolute atomic E-state index is 0.262. The summed E-state index contributed by atoms with van der Waals surface area (Å²) in [5, 5.41) is 1.81. The number of fused-ring (bicyclic) bond motifs is 1. The standard InChI is InChI=1S/C26H34N2O6/c1-7-9-23(29)33-20-13-12-18(24-21(31-5)10-8-11-22(24)32-6)19-16-28(15-14-17(19)20)27-25(30)34-26(2,3)4/h8,10-13H,7,9,14-16H2,1-6H3,(H,27,30). The van der Waals surface area contributed by atoms with Gasteiger partial charge in [-0.2, -0.15) is 0 Å². The van der Waals surface area contributed by atoms with E-state index in [1.807, 2.05) is 58.0 Å². The molecular formula is C26H34N2O6. The van der Waals surface area contributed by atoms with Crippen LogP contribution >= 0.6 is 0 Å². The summed E-state index contributed by atoms with van der Waals surface area (Å²) in [6, 6.07) is 9.35. The first-order valence-electron chi connectivity index (χ1n) is 11.5. The minimum Gasteiger partial charge on any atom is -0.496 e. The Kier molecular flexibility index (Phi) is 8.04. The van der Waals surface area contributed by atoms with E-state index in [2.05, 4.69) is 5.43 Å².